The topological polar surface area (TPSA) is 107 Å². The molecule has 1 aromatic rings. The minimum Gasteiger partial charge on any atom is -0.378 e. The monoisotopic (exact) mass is 239 g/mol. The summed E-state index contributed by atoms with van der Waals surface area (Å²) in [6.07, 6.45) is 0. The van der Waals surface area contributed by atoms with E-state index >= 15 is 0 Å². The third-order valence-electron chi connectivity index (χ3n) is 2.55. The number of anilines is 2. The Bertz CT molecular complexity index is 445. The minimum atomic E-state index is -0.473. The number of nitro groups is 1. The average molecular weight is 239 g/mol. The highest BCUT2D eigenvalue weighted by Crippen LogP contribution is 2.29. The summed E-state index contributed by atoms with van der Waals surface area (Å²) < 4.78 is 5.20. The lowest BCUT2D eigenvalue weighted by Crippen LogP contribution is -2.37. The van der Waals surface area contributed by atoms with E-state index in [-0.39, 0.29) is 23.1 Å². The Morgan fingerprint density at radius 3 is 2.65 bits per heavy atom. The summed E-state index contributed by atoms with van der Waals surface area (Å²) in [5.41, 5.74) is 5.73. The molecule has 0 saturated carbocycles. The van der Waals surface area contributed by atoms with Gasteiger partial charge in [-0.15, -0.1) is 0 Å². The first kappa shape index (κ1) is 11.5. The van der Waals surface area contributed by atoms with Crippen molar-refractivity contribution in [2.24, 2.45) is 0 Å². The van der Waals surface area contributed by atoms with Crippen LogP contribution in [0.5, 0.6) is 0 Å². The Labute approximate surface area is 97.6 Å². The van der Waals surface area contributed by atoms with E-state index in [1.807, 2.05) is 0 Å². The Morgan fingerprint density at radius 1 is 1.41 bits per heavy atom. The molecule has 2 N–H and O–H groups in total. The third-order valence-corrected chi connectivity index (χ3v) is 2.55. The maximum absolute atomic E-state index is 11.0. The molecule has 0 spiro atoms. The van der Waals surface area contributed by atoms with Crippen molar-refractivity contribution < 1.29 is 9.66 Å². The molecule has 2 rings (SSSR count). The molecule has 0 aliphatic carbocycles. The van der Waals surface area contributed by atoms with E-state index in [4.69, 9.17) is 10.5 Å². The van der Waals surface area contributed by atoms with Crippen LogP contribution in [0.15, 0.2) is 0 Å². The molecule has 1 aliphatic rings. The molecule has 8 heteroatoms. The summed E-state index contributed by atoms with van der Waals surface area (Å²) >= 11 is 0. The molecular formula is C9H13N5O3. The SMILES string of the molecule is Cc1nc(N)nc(N2CCOCC2)c1[N+](=O)[O-]. The summed E-state index contributed by atoms with van der Waals surface area (Å²) in [5.74, 6) is 0.331. The number of aromatic nitrogens is 2. The zero-order chi connectivity index (χ0) is 12.4. The summed E-state index contributed by atoms with van der Waals surface area (Å²) in [7, 11) is 0. The highest BCUT2D eigenvalue weighted by Gasteiger charge is 2.26. The molecule has 8 nitrogen and oxygen atoms in total. The van der Waals surface area contributed by atoms with Gasteiger partial charge >= 0.3 is 5.69 Å². The first-order valence-electron chi connectivity index (χ1n) is 5.21. The van der Waals surface area contributed by atoms with E-state index in [9.17, 15) is 10.1 Å². The van der Waals surface area contributed by atoms with Crippen molar-refractivity contribution in [3.8, 4) is 0 Å². The number of nitrogen functional groups attached to an aromatic ring is 1. The minimum absolute atomic E-state index is 0.0505. The molecule has 0 aromatic carbocycles. The van der Waals surface area contributed by atoms with Crippen LogP contribution in [0.3, 0.4) is 0 Å². The second kappa shape index (κ2) is 4.50. The smallest absolute Gasteiger partial charge is 0.332 e. The van der Waals surface area contributed by atoms with Gasteiger partial charge in [-0.25, -0.2) is 4.98 Å². The zero-order valence-electron chi connectivity index (χ0n) is 9.42. The normalized spacial score (nSPS) is 15.9. The summed E-state index contributed by atoms with van der Waals surface area (Å²) in [6.45, 7) is 3.74. The molecule has 1 fully saturated rings. The van der Waals surface area contributed by atoms with Crippen LogP contribution in [0.4, 0.5) is 17.5 Å². The Hall–Kier alpha value is -1.96. The number of hydrogen-bond donors (Lipinski definition) is 1. The van der Waals surface area contributed by atoms with Gasteiger partial charge in [0.25, 0.3) is 0 Å². The Kier molecular flexibility index (Phi) is 3.05. The lowest BCUT2D eigenvalue weighted by molar-refractivity contribution is -0.385. The molecule has 1 saturated heterocycles. The molecule has 1 aromatic heterocycles. The Morgan fingerprint density at radius 2 is 2.06 bits per heavy atom. The van der Waals surface area contributed by atoms with Crippen LogP contribution >= 0.6 is 0 Å². The molecule has 17 heavy (non-hydrogen) atoms. The lowest BCUT2D eigenvalue weighted by Gasteiger charge is -2.27. The third kappa shape index (κ3) is 2.26. The standard InChI is InChI=1S/C9H13N5O3/c1-6-7(14(15)16)8(12-9(10)11-6)13-2-4-17-5-3-13/h2-5H2,1H3,(H2,10,11,12). The second-order valence-corrected chi connectivity index (χ2v) is 3.70. The number of nitrogens with two attached hydrogens (primary N) is 1. The number of ether oxygens (including phenoxy) is 1. The van der Waals surface area contributed by atoms with Crippen LogP contribution in [0, 0.1) is 17.0 Å². The van der Waals surface area contributed by atoms with Gasteiger partial charge in [0.1, 0.15) is 5.69 Å². The van der Waals surface area contributed by atoms with Gasteiger partial charge in [-0.05, 0) is 6.92 Å². The second-order valence-electron chi connectivity index (χ2n) is 3.70. The predicted molar refractivity (Wildman–Crippen MR) is 60.9 cm³/mol. The van der Waals surface area contributed by atoms with E-state index in [0.717, 1.165) is 0 Å². The van der Waals surface area contributed by atoms with E-state index in [2.05, 4.69) is 9.97 Å². The fraction of sp³-hybridized carbons (Fsp3) is 0.556. The van der Waals surface area contributed by atoms with Crippen LogP contribution in [0.1, 0.15) is 5.69 Å². The predicted octanol–water partition coefficient (Wildman–Crippen LogP) is 0.112. The first-order valence-corrected chi connectivity index (χ1v) is 5.21. The van der Waals surface area contributed by atoms with Crippen molar-refractivity contribution in [3.05, 3.63) is 15.8 Å². The van der Waals surface area contributed by atoms with Crippen LogP contribution in [-0.2, 0) is 4.74 Å². The molecule has 0 atom stereocenters. The van der Waals surface area contributed by atoms with Gasteiger partial charge in [0, 0.05) is 13.1 Å². The molecule has 1 aliphatic heterocycles. The van der Waals surface area contributed by atoms with Crippen LogP contribution in [-0.4, -0.2) is 41.2 Å². The van der Waals surface area contributed by atoms with E-state index < -0.39 is 4.92 Å². The van der Waals surface area contributed by atoms with Gasteiger partial charge in [0.2, 0.25) is 11.8 Å². The number of nitrogens with zero attached hydrogens (tertiary/aromatic N) is 4. The molecule has 0 radical (unpaired) electrons. The average Bonchev–Trinajstić information content (AvgIpc) is 2.28. The number of aryl methyl sites for hydroxylation is 1. The molecule has 0 bridgehead atoms. The molecular weight excluding hydrogens is 226 g/mol. The van der Waals surface area contributed by atoms with Crippen molar-refractivity contribution in [2.45, 2.75) is 6.92 Å². The van der Waals surface area contributed by atoms with Crippen molar-refractivity contribution in [2.75, 3.05) is 36.9 Å². The van der Waals surface area contributed by atoms with Gasteiger partial charge in [0.15, 0.2) is 0 Å². The largest absolute Gasteiger partial charge is 0.378 e. The van der Waals surface area contributed by atoms with Crippen LogP contribution in [0.25, 0.3) is 0 Å². The summed E-state index contributed by atoms with van der Waals surface area (Å²) in [4.78, 5) is 20.1. The van der Waals surface area contributed by atoms with E-state index in [0.29, 0.717) is 26.3 Å². The fourth-order valence-corrected chi connectivity index (χ4v) is 1.78. The van der Waals surface area contributed by atoms with Crippen molar-refractivity contribution in [1.29, 1.82) is 0 Å². The summed E-state index contributed by atoms with van der Waals surface area (Å²) in [6, 6.07) is 0. The van der Waals surface area contributed by atoms with E-state index in [1.165, 1.54) is 0 Å². The lowest BCUT2D eigenvalue weighted by atomic mass is 10.3. The zero-order valence-corrected chi connectivity index (χ0v) is 9.42. The highest BCUT2D eigenvalue weighted by molar-refractivity contribution is 5.62. The fourth-order valence-electron chi connectivity index (χ4n) is 1.78. The Balaban J connectivity index is 2.46. The molecule has 0 amide bonds. The molecule has 0 unspecified atom stereocenters. The number of rotatable bonds is 2. The first-order chi connectivity index (χ1) is 8.09. The van der Waals surface area contributed by atoms with Gasteiger partial charge in [-0.2, -0.15) is 4.98 Å². The van der Waals surface area contributed by atoms with E-state index in [1.54, 1.807) is 11.8 Å². The molecule has 2 heterocycles. The quantitative estimate of drug-likeness (QED) is 0.576. The molecule has 92 valence electrons. The maximum Gasteiger partial charge on any atom is 0.332 e. The number of morpholine rings is 1. The van der Waals surface area contributed by atoms with Crippen LogP contribution < -0.4 is 10.6 Å². The summed E-state index contributed by atoms with van der Waals surface area (Å²) in [5, 5.41) is 11.0. The van der Waals surface area contributed by atoms with Crippen molar-refractivity contribution in [3.63, 3.8) is 0 Å². The van der Waals surface area contributed by atoms with Gasteiger partial charge in [-0.3, -0.25) is 10.1 Å². The van der Waals surface area contributed by atoms with Crippen molar-refractivity contribution in [1.82, 2.24) is 9.97 Å². The maximum atomic E-state index is 11.0. The number of hydrogen-bond acceptors (Lipinski definition) is 7. The highest BCUT2D eigenvalue weighted by atomic mass is 16.6. The van der Waals surface area contributed by atoms with Crippen LogP contribution in [0.2, 0.25) is 0 Å². The van der Waals surface area contributed by atoms with Gasteiger partial charge in [0.05, 0.1) is 18.1 Å². The van der Waals surface area contributed by atoms with Crippen molar-refractivity contribution >= 4 is 17.5 Å². The van der Waals surface area contributed by atoms with Gasteiger partial charge < -0.3 is 15.4 Å². The van der Waals surface area contributed by atoms with Gasteiger partial charge in [-0.1, -0.05) is 0 Å².